The number of aryl methyl sites for hydroxylation is 1. The van der Waals surface area contributed by atoms with Crippen molar-refractivity contribution < 1.29 is 0 Å². The van der Waals surface area contributed by atoms with Crippen LogP contribution in [0.5, 0.6) is 0 Å². The standard InChI is InChI=1S/C11H21N3/c1-8(2)6-11(12-4)10-7-13-14(5)9(10)3/h7-8,11-12H,6H2,1-5H3. The Bertz CT molecular complexity index is 289. The van der Waals surface area contributed by atoms with E-state index in [9.17, 15) is 0 Å². The molecule has 3 nitrogen and oxygen atoms in total. The monoisotopic (exact) mass is 195 g/mol. The summed E-state index contributed by atoms with van der Waals surface area (Å²) in [6, 6.07) is 0.434. The van der Waals surface area contributed by atoms with Crippen LogP contribution in [-0.4, -0.2) is 16.8 Å². The second kappa shape index (κ2) is 4.60. The second-order valence-electron chi connectivity index (χ2n) is 4.28. The highest BCUT2D eigenvalue weighted by Crippen LogP contribution is 2.22. The zero-order valence-electron chi connectivity index (χ0n) is 9.83. The van der Waals surface area contributed by atoms with Crippen molar-refractivity contribution in [2.75, 3.05) is 7.05 Å². The van der Waals surface area contributed by atoms with Crippen LogP contribution in [-0.2, 0) is 7.05 Å². The first-order chi connectivity index (χ1) is 6.56. The molecule has 3 heteroatoms. The first-order valence-electron chi connectivity index (χ1n) is 5.22. The van der Waals surface area contributed by atoms with Crippen LogP contribution in [0.2, 0.25) is 0 Å². The van der Waals surface area contributed by atoms with Crippen molar-refractivity contribution in [3.63, 3.8) is 0 Å². The van der Waals surface area contributed by atoms with Gasteiger partial charge in [0.15, 0.2) is 0 Å². The smallest absolute Gasteiger partial charge is 0.0540 e. The van der Waals surface area contributed by atoms with Gasteiger partial charge in [-0.3, -0.25) is 4.68 Å². The van der Waals surface area contributed by atoms with Gasteiger partial charge in [-0.15, -0.1) is 0 Å². The predicted molar refractivity (Wildman–Crippen MR) is 59.2 cm³/mol. The second-order valence-corrected chi connectivity index (χ2v) is 4.28. The molecule has 0 radical (unpaired) electrons. The molecule has 0 bridgehead atoms. The lowest BCUT2D eigenvalue weighted by Crippen LogP contribution is -2.18. The van der Waals surface area contributed by atoms with Crippen LogP contribution in [0.15, 0.2) is 6.20 Å². The Morgan fingerprint density at radius 3 is 2.50 bits per heavy atom. The van der Waals surface area contributed by atoms with Gasteiger partial charge < -0.3 is 5.32 Å². The molecular formula is C11H21N3. The lowest BCUT2D eigenvalue weighted by Gasteiger charge is -2.18. The average molecular weight is 195 g/mol. The van der Waals surface area contributed by atoms with Crippen LogP contribution >= 0.6 is 0 Å². The third kappa shape index (κ3) is 2.35. The molecular weight excluding hydrogens is 174 g/mol. The van der Waals surface area contributed by atoms with E-state index in [0.29, 0.717) is 12.0 Å². The van der Waals surface area contributed by atoms with Gasteiger partial charge >= 0.3 is 0 Å². The summed E-state index contributed by atoms with van der Waals surface area (Å²) < 4.78 is 1.93. The van der Waals surface area contributed by atoms with Crippen molar-refractivity contribution in [1.82, 2.24) is 15.1 Å². The van der Waals surface area contributed by atoms with Crippen molar-refractivity contribution in [3.8, 4) is 0 Å². The molecule has 1 aromatic heterocycles. The Kier molecular flexibility index (Phi) is 3.69. The minimum absolute atomic E-state index is 0.434. The molecule has 1 N–H and O–H groups in total. The van der Waals surface area contributed by atoms with Crippen LogP contribution in [0.1, 0.15) is 37.6 Å². The minimum Gasteiger partial charge on any atom is -0.313 e. The summed E-state index contributed by atoms with van der Waals surface area (Å²) in [5, 5.41) is 7.62. The Morgan fingerprint density at radius 2 is 2.14 bits per heavy atom. The van der Waals surface area contributed by atoms with Gasteiger partial charge in [0, 0.05) is 24.3 Å². The molecule has 0 saturated carbocycles. The number of nitrogens with zero attached hydrogens (tertiary/aromatic N) is 2. The van der Waals surface area contributed by atoms with Gasteiger partial charge in [-0.25, -0.2) is 0 Å². The van der Waals surface area contributed by atoms with E-state index in [2.05, 4.69) is 31.2 Å². The summed E-state index contributed by atoms with van der Waals surface area (Å²) in [7, 11) is 4.00. The summed E-state index contributed by atoms with van der Waals surface area (Å²) in [4.78, 5) is 0. The van der Waals surface area contributed by atoms with E-state index < -0.39 is 0 Å². The van der Waals surface area contributed by atoms with Crippen LogP contribution in [0.4, 0.5) is 0 Å². The molecule has 1 rings (SSSR count). The third-order valence-corrected chi connectivity index (χ3v) is 2.70. The first-order valence-corrected chi connectivity index (χ1v) is 5.22. The predicted octanol–water partition coefficient (Wildman–Crippen LogP) is 2.04. The molecule has 0 spiro atoms. The topological polar surface area (TPSA) is 29.9 Å². The highest BCUT2D eigenvalue weighted by Gasteiger charge is 2.15. The van der Waals surface area contributed by atoms with E-state index in [1.165, 1.54) is 11.3 Å². The van der Waals surface area contributed by atoms with Gasteiger partial charge in [0.1, 0.15) is 0 Å². The van der Waals surface area contributed by atoms with Crippen molar-refractivity contribution >= 4 is 0 Å². The van der Waals surface area contributed by atoms with E-state index >= 15 is 0 Å². The van der Waals surface area contributed by atoms with Crippen molar-refractivity contribution in [2.24, 2.45) is 13.0 Å². The zero-order chi connectivity index (χ0) is 10.7. The minimum atomic E-state index is 0.434. The number of nitrogens with one attached hydrogen (secondary N) is 1. The molecule has 1 atom stereocenters. The van der Waals surface area contributed by atoms with Gasteiger partial charge in [0.25, 0.3) is 0 Å². The van der Waals surface area contributed by atoms with E-state index in [-0.39, 0.29) is 0 Å². The Morgan fingerprint density at radius 1 is 1.50 bits per heavy atom. The van der Waals surface area contributed by atoms with Gasteiger partial charge in [0.2, 0.25) is 0 Å². The summed E-state index contributed by atoms with van der Waals surface area (Å²) in [5.41, 5.74) is 2.58. The van der Waals surface area contributed by atoms with Gasteiger partial charge in [-0.05, 0) is 26.3 Å². The fourth-order valence-corrected chi connectivity index (χ4v) is 1.73. The quantitative estimate of drug-likeness (QED) is 0.796. The van der Waals surface area contributed by atoms with Crippen LogP contribution in [0.3, 0.4) is 0 Å². The fourth-order valence-electron chi connectivity index (χ4n) is 1.73. The number of rotatable bonds is 4. The molecule has 1 aromatic rings. The normalized spacial score (nSPS) is 13.6. The van der Waals surface area contributed by atoms with Gasteiger partial charge in [0.05, 0.1) is 6.20 Å². The summed E-state index contributed by atoms with van der Waals surface area (Å²) in [6.45, 7) is 6.61. The molecule has 80 valence electrons. The summed E-state index contributed by atoms with van der Waals surface area (Å²) in [5.74, 6) is 0.701. The summed E-state index contributed by atoms with van der Waals surface area (Å²) in [6.07, 6.45) is 3.13. The Balaban J connectivity index is 2.84. The Hall–Kier alpha value is -0.830. The maximum atomic E-state index is 4.27. The molecule has 0 aliphatic rings. The molecule has 0 amide bonds. The summed E-state index contributed by atoms with van der Waals surface area (Å²) >= 11 is 0. The SMILES string of the molecule is CNC(CC(C)C)c1cnn(C)c1C. The maximum absolute atomic E-state index is 4.27. The molecule has 0 aliphatic carbocycles. The largest absolute Gasteiger partial charge is 0.313 e. The van der Waals surface area contributed by atoms with Crippen LogP contribution < -0.4 is 5.32 Å². The molecule has 0 aromatic carbocycles. The van der Waals surface area contributed by atoms with E-state index in [1.54, 1.807) is 0 Å². The van der Waals surface area contributed by atoms with Crippen molar-refractivity contribution in [2.45, 2.75) is 33.2 Å². The van der Waals surface area contributed by atoms with Crippen molar-refractivity contribution in [1.29, 1.82) is 0 Å². The molecule has 0 saturated heterocycles. The molecule has 14 heavy (non-hydrogen) atoms. The van der Waals surface area contributed by atoms with Crippen molar-refractivity contribution in [3.05, 3.63) is 17.5 Å². The number of aromatic nitrogens is 2. The van der Waals surface area contributed by atoms with Gasteiger partial charge in [-0.2, -0.15) is 5.10 Å². The molecule has 1 heterocycles. The van der Waals surface area contributed by atoms with E-state index in [0.717, 1.165) is 6.42 Å². The van der Waals surface area contributed by atoms with E-state index in [4.69, 9.17) is 0 Å². The number of hydrogen-bond donors (Lipinski definition) is 1. The lowest BCUT2D eigenvalue weighted by atomic mass is 9.98. The lowest BCUT2D eigenvalue weighted by molar-refractivity contribution is 0.455. The van der Waals surface area contributed by atoms with E-state index in [1.807, 2.05) is 25.0 Å². The molecule has 1 unspecified atom stereocenters. The average Bonchev–Trinajstić information content (AvgIpc) is 2.44. The van der Waals surface area contributed by atoms with Crippen LogP contribution in [0.25, 0.3) is 0 Å². The van der Waals surface area contributed by atoms with Gasteiger partial charge in [-0.1, -0.05) is 13.8 Å². The van der Waals surface area contributed by atoms with Crippen LogP contribution in [0, 0.1) is 12.8 Å². The Labute approximate surface area is 86.5 Å². The number of hydrogen-bond acceptors (Lipinski definition) is 2. The zero-order valence-corrected chi connectivity index (χ0v) is 9.83. The maximum Gasteiger partial charge on any atom is 0.0540 e. The highest BCUT2D eigenvalue weighted by molar-refractivity contribution is 5.20. The molecule has 0 aliphatic heterocycles. The highest BCUT2D eigenvalue weighted by atomic mass is 15.3. The first kappa shape index (κ1) is 11.2. The molecule has 0 fully saturated rings. The third-order valence-electron chi connectivity index (χ3n) is 2.70. The fraction of sp³-hybridized carbons (Fsp3) is 0.727.